The topological polar surface area (TPSA) is 63.6 Å². The average Bonchev–Trinajstić information content (AvgIpc) is 2.91. The molecule has 0 aromatic heterocycles. The van der Waals surface area contributed by atoms with Gasteiger partial charge in [0, 0.05) is 5.41 Å². The Hall–Kier alpha value is -2.39. The molecule has 4 nitrogen and oxygen atoms in total. The van der Waals surface area contributed by atoms with Gasteiger partial charge in [-0.1, -0.05) is 128 Å². The Bertz CT molecular complexity index is 1160. The number of hydrogen-bond acceptors (Lipinski definition) is 3. The molecule has 0 aliphatic rings. The Morgan fingerprint density at radius 3 is 1.14 bits per heavy atom. The van der Waals surface area contributed by atoms with Crippen LogP contribution >= 0.6 is 15.8 Å². The van der Waals surface area contributed by atoms with E-state index in [4.69, 9.17) is 4.18 Å². The van der Waals surface area contributed by atoms with E-state index in [1.807, 2.05) is 72.8 Å². The fourth-order valence-electron chi connectivity index (χ4n) is 4.22. The van der Waals surface area contributed by atoms with E-state index in [1.165, 1.54) is 21.2 Å². The van der Waals surface area contributed by atoms with Gasteiger partial charge in [-0.3, -0.25) is 4.55 Å². The Balaban J connectivity index is 1.76. The summed E-state index contributed by atoms with van der Waals surface area (Å²) in [4.78, 5) is 0. The minimum Gasteiger partial charge on any atom is -0.264 e. The van der Waals surface area contributed by atoms with Crippen LogP contribution in [0.1, 0.15) is 6.92 Å². The highest BCUT2D eigenvalue weighted by Gasteiger charge is 2.35. The molecule has 4 rings (SSSR count). The van der Waals surface area contributed by atoms with Crippen LogP contribution < -0.4 is 21.2 Å². The van der Waals surface area contributed by atoms with Crippen LogP contribution in [0.2, 0.25) is 0 Å². The van der Waals surface area contributed by atoms with Gasteiger partial charge in [-0.2, -0.15) is 8.42 Å². The molecule has 0 spiro atoms. The Morgan fingerprint density at radius 1 is 0.611 bits per heavy atom. The Morgan fingerprint density at radius 2 is 0.889 bits per heavy atom. The minimum absolute atomic E-state index is 0.0944. The third kappa shape index (κ3) is 7.56. The molecule has 0 aliphatic carbocycles. The molecule has 0 unspecified atom stereocenters. The molecule has 0 atom stereocenters. The molecule has 0 heterocycles. The van der Waals surface area contributed by atoms with Crippen molar-refractivity contribution in [2.24, 2.45) is 5.41 Å². The summed E-state index contributed by atoms with van der Waals surface area (Å²) in [6.45, 7) is 1.99. The quantitative estimate of drug-likeness (QED) is 0.215. The molecule has 0 bridgehead atoms. The third-order valence-corrected chi connectivity index (χ3v) is 12.2. The zero-order valence-electron chi connectivity index (χ0n) is 20.1. The normalized spacial score (nSPS) is 12.2. The minimum atomic E-state index is -4.57. The molecule has 0 saturated carbocycles. The van der Waals surface area contributed by atoms with Crippen molar-refractivity contribution in [3.63, 3.8) is 0 Å². The van der Waals surface area contributed by atoms with E-state index in [9.17, 15) is 13.0 Å². The lowest BCUT2D eigenvalue weighted by atomic mass is 9.98. The van der Waals surface area contributed by atoms with Gasteiger partial charge in [-0.05, 0) is 49.4 Å². The molecule has 4 aromatic carbocycles. The van der Waals surface area contributed by atoms with Gasteiger partial charge in [0.15, 0.2) is 0 Å². The number of benzene rings is 4. The van der Waals surface area contributed by atoms with E-state index in [0.29, 0.717) is 12.3 Å². The molecule has 4 aromatic rings. The van der Waals surface area contributed by atoms with Gasteiger partial charge in [0.05, 0.1) is 6.61 Å². The Labute approximate surface area is 216 Å². The highest BCUT2D eigenvalue weighted by molar-refractivity contribution is 7.80. The summed E-state index contributed by atoms with van der Waals surface area (Å²) in [6.07, 6.45) is 1.43. The summed E-state index contributed by atoms with van der Waals surface area (Å²) in [5.41, 5.74) is -0.537. The van der Waals surface area contributed by atoms with Gasteiger partial charge >= 0.3 is 10.4 Å². The molecular weight excluding hydrogens is 506 g/mol. The van der Waals surface area contributed by atoms with Gasteiger partial charge < -0.3 is 0 Å². The second-order valence-corrected chi connectivity index (χ2v) is 14.5. The molecule has 0 fully saturated rings. The molecule has 0 aliphatic heterocycles. The van der Waals surface area contributed by atoms with Crippen molar-refractivity contribution < 1.29 is 17.2 Å². The van der Waals surface area contributed by atoms with Crippen LogP contribution in [-0.2, 0) is 14.6 Å². The van der Waals surface area contributed by atoms with Crippen LogP contribution in [0.5, 0.6) is 0 Å². The molecule has 0 saturated heterocycles. The first-order valence-electron chi connectivity index (χ1n) is 11.7. The van der Waals surface area contributed by atoms with Gasteiger partial charge in [0.1, 0.15) is 0 Å². The number of rotatable bonds is 11. The highest BCUT2D eigenvalue weighted by atomic mass is 32.3. The van der Waals surface area contributed by atoms with E-state index < -0.39 is 31.7 Å². The predicted octanol–water partition coefficient (Wildman–Crippen LogP) is 5.08. The standard InChI is InChI=1S/C29H30O4P2S/c1-29(22-33-36(30,31)32,23-34(25-14-6-2-7-15-25)26-16-8-3-9-17-26)24-35(27-18-10-4-11-19-27)28-20-12-5-13-21-28/h2-21H,22-24H2,1H3,(H,30,31,32). The summed E-state index contributed by atoms with van der Waals surface area (Å²) in [5, 5.41) is 4.89. The fraction of sp³-hybridized carbons (Fsp3) is 0.172. The summed E-state index contributed by atoms with van der Waals surface area (Å²) in [5.74, 6) is 0. The first-order valence-corrected chi connectivity index (χ1v) is 16.1. The van der Waals surface area contributed by atoms with Crippen molar-refractivity contribution in [1.29, 1.82) is 0 Å². The van der Waals surface area contributed by atoms with Crippen LogP contribution in [-0.4, -0.2) is 31.9 Å². The lowest BCUT2D eigenvalue weighted by Gasteiger charge is -2.36. The van der Waals surface area contributed by atoms with Crippen molar-refractivity contribution in [2.45, 2.75) is 6.92 Å². The summed E-state index contributed by atoms with van der Waals surface area (Å²) < 4.78 is 37.9. The van der Waals surface area contributed by atoms with Crippen LogP contribution in [0.3, 0.4) is 0 Å². The molecule has 7 heteroatoms. The van der Waals surface area contributed by atoms with Crippen molar-refractivity contribution in [1.82, 2.24) is 0 Å². The van der Waals surface area contributed by atoms with Crippen LogP contribution in [0, 0.1) is 5.41 Å². The molecule has 36 heavy (non-hydrogen) atoms. The van der Waals surface area contributed by atoms with Crippen LogP contribution in [0.15, 0.2) is 121 Å². The maximum atomic E-state index is 11.7. The smallest absolute Gasteiger partial charge is 0.264 e. The van der Waals surface area contributed by atoms with E-state index in [-0.39, 0.29) is 6.61 Å². The van der Waals surface area contributed by atoms with E-state index in [2.05, 4.69) is 55.5 Å². The van der Waals surface area contributed by atoms with Crippen molar-refractivity contribution >= 4 is 47.5 Å². The largest absolute Gasteiger partial charge is 0.397 e. The van der Waals surface area contributed by atoms with Gasteiger partial charge in [-0.25, -0.2) is 4.18 Å². The Kier molecular flexibility index (Phi) is 9.06. The zero-order chi connectivity index (χ0) is 25.4. The van der Waals surface area contributed by atoms with E-state index >= 15 is 0 Å². The first-order chi connectivity index (χ1) is 17.3. The number of hydrogen-bond donors (Lipinski definition) is 1. The molecule has 0 amide bonds. The highest BCUT2D eigenvalue weighted by Crippen LogP contribution is 2.47. The van der Waals surface area contributed by atoms with Crippen molar-refractivity contribution in [2.75, 3.05) is 18.9 Å². The van der Waals surface area contributed by atoms with Crippen molar-refractivity contribution in [3.05, 3.63) is 121 Å². The summed E-state index contributed by atoms with van der Waals surface area (Å²) >= 11 is 0. The predicted molar refractivity (Wildman–Crippen MR) is 153 cm³/mol. The van der Waals surface area contributed by atoms with Crippen LogP contribution in [0.25, 0.3) is 0 Å². The lowest BCUT2D eigenvalue weighted by molar-refractivity contribution is 0.187. The monoisotopic (exact) mass is 536 g/mol. The zero-order valence-corrected chi connectivity index (χ0v) is 22.7. The van der Waals surface area contributed by atoms with E-state index in [1.54, 1.807) is 0 Å². The van der Waals surface area contributed by atoms with Crippen molar-refractivity contribution in [3.8, 4) is 0 Å². The first kappa shape index (κ1) is 26.7. The molecule has 0 radical (unpaired) electrons. The maximum Gasteiger partial charge on any atom is 0.397 e. The second kappa shape index (κ2) is 12.2. The molecule has 186 valence electrons. The lowest BCUT2D eigenvalue weighted by Crippen LogP contribution is -2.36. The summed E-state index contributed by atoms with van der Waals surface area (Å²) in [7, 11) is -6.17. The maximum absolute atomic E-state index is 11.7. The fourth-order valence-corrected chi connectivity index (χ4v) is 10.2. The van der Waals surface area contributed by atoms with Crippen LogP contribution in [0.4, 0.5) is 0 Å². The van der Waals surface area contributed by atoms with Gasteiger partial charge in [0.2, 0.25) is 0 Å². The average molecular weight is 537 g/mol. The molecular formula is C29H30O4P2S. The van der Waals surface area contributed by atoms with Gasteiger partial charge in [0.25, 0.3) is 0 Å². The third-order valence-electron chi connectivity index (χ3n) is 5.91. The van der Waals surface area contributed by atoms with Gasteiger partial charge in [-0.15, -0.1) is 0 Å². The SMILES string of the molecule is CC(COS(=O)(=O)O)(CP(c1ccccc1)c1ccccc1)CP(c1ccccc1)c1ccccc1. The second-order valence-electron chi connectivity index (χ2n) is 9.02. The molecule has 1 N–H and O–H groups in total. The summed E-state index contributed by atoms with van der Waals surface area (Å²) in [6, 6.07) is 41.5. The van der Waals surface area contributed by atoms with E-state index in [0.717, 1.165) is 0 Å².